The maximum atomic E-state index is 12.5. The van der Waals surface area contributed by atoms with E-state index in [1.807, 2.05) is 0 Å². The topological polar surface area (TPSA) is 202 Å². The summed E-state index contributed by atoms with van der Waals surface area (Å²) in [5, 5.41) is 14.6. The van der Waals surface area contributed by atoms with E-state index in [4.69, 9.17) is 9.92 Å². The summed E-state index contributed by atoms with van der Waals surface area (Å²) in [5.74, 6) is -1.87. The fourth-order valence-corrected chi connectivity index (χ4v) is 3.44. The highest BCUT2D eigenvalue weighted by molar-refractivity contribution is 8.09. The van der Waals surface area contributed by atoms with E-state index in [-0.39, 0.29) is 53.3 Å². The molecule has 0 bridgehead atoms. The molecule has 36 heavy (non-hydrogen) atoms. The number of carboxylic acids is 1. The number of anilines is 2. The molecule has 0 saturated carbocycles. The van der Waals surface area contributed by atoms with Crippen molar-refractivity contribution in [3.63, 3.8) is 0 Å². The van der Waals surface area contributed by atoms with E-state index in [0.29, 0.717) is 23.4 Å². The van der Waals surface area contributed by atoms with Crippen molar-refractivity contribution in [3.05, 3.63) is 52.1 Å². The van der Waals surface area contributed by atoms with Crippen LogP contribution in [0.5, 0.6) is 0 Å². The molecule has 2 heterocycles. The van der Waals surface area contributed by atoms with Crippen LogP contribution in [0.4, 0.5) is 11.6 Å². The van der Waals surface area contributed by atoms with Crippen molar-refractivity contribution < 1.29 is 23.7 Å². The molecular formula is C22H25N7O6S. The molecular weight excluding hydrogens is 490 g/mol. The molecule has 2 aromatic heterocycles. The number of carboxylic acid groups (broad SMARTS) is 1. The van der Waals surface area contributed by atoms with Crippen molar-refractivity contribution in [1.29, 1.82) is 0 Å². The molecule has 6 N–H and O–H groups in total. The fourth-order valence-electron chi connectivity index (χ4n) is 2.94. The van der Waals surface area contributed by atoms with E-state index in [1.165, 1.54) is 18.3 Å². The summed E-state index contributed by atoms with van der Waals surface area (Å²) in [6, 6.07) is 5.10. The van der Waals surface area contributed by atoms with Gasteiger partial charge in [-0.3, -0.25) is 19.4 Å². The van der Waals surface area contributed by atoms with E-state index < -0.39 is 23.5 Å². The van der Waals surface area contributed by atoms with Crippen molar-refractivity contribution in [2.75, 3.05) is 11.1 Å². The molecule has 0 radical (unpaired) electrons. The number of nitrogen functional groups attached to an aromatic ring is 1. The molecule has 13 nitrogen and oxygen atoms in total. The second kappa shape index (κ2) is 12.1. The minimum Gasteiger partial charge on any atom is -0.480 e. The van der Waals surface area contributed by atoms with E-state index in [2.05, 4.69) is 30.6 Å². The summed E-state index contributed by atoms with van der Waals surface area (Å²) in [4.78, 5) is 62.4. The lowest BCUT2D eigenvalue weighted by Crippen LogP contribution is -2.41. The van der Waals surface area contributed by atoms with E-state index in [0.717, 1.165) is 0 Å². The summed E-state index contributed by atoms with van der Waals surface area (Å²) in [7, 11) is 0. The van der Waals surface area contributed by atoms with Gasteiger partial charge in [0.2, 0.25) is 11.1 Å². The van der Waals surface area contributed by atoms with Crippen molar-refractivity contribution >= 4 is 51.8 Å². The number of nitrogens with two attached hydrogens (primary N) is 1. The Morgan fingerprint density at radius 3 is 2.58 bits per heavy atom. The van der Waals surface area contributed by atoms with E-state index in [1.54, 1.807) is 26.0 Å². The first-order chi connectivity index (χ1) is 17.1. The van der Waals surface area contributed by atoms with Gasteiger partial charge >= 0.3 is 5.97 Å². The number of amides is 1. The van der Waals surface area contributed by atoms with Gasteiger partial charge in [0.1, 0.15) is 6.04 Å². The highest BCUT2D eigenvalue weighted by Crippen LogP contribution is 2.15. The smallest absolute Gasteiger partial charge is 0.326 e. The third-order valence-electron chi connectivity index (χ3n) is 4.68. The number of carbonyl (C=O) groups is 3. The van der Waals surface area contributed by atoms with E-state index >= 15 is 0 Å². The highest BCUT2D eigenvalue weighted by atomic mass is 32.2. The summed E-state index contributed by atoms with van der Waals surface area (Å²) in [6.45, 7) is 3.79. The van der Waals surface area contributed by atoms with Crippen molar-refractivity contribution in [1.82, 2.24) is 25.3 Å². The van der Waals surface area contributed by atoms with Gasteiger partial charge < -0.3 is 25.7 Å². The standard InChI is InChI=1S/C22H25N7O6S/c1-11(2)35-36-16(30)8-7-15(21(33)34)27-19(31)12-3-5-13(6-4-12)24-9-14-10-25-18-17(26-14)20(32)29-22(23)28-18/h3-6,10-11,15,24H,7-9H2,1-2H3,(H,27,31)(H,33,34)(H3,23,25,28,29,32). The Balaban J connectivity index is 1.55. The maximum absolute atomic E-state index is 12.5. The normalized spacial score (nSPS) is 11.9. The number of carbonyl (C=O) groups excluding carboxylic acids is 2. The second-order valence-electron chi connectivity index (χ2n) is 7.92. The maximum Gasteiger partial charge on any atom is 0.326 e. The number of H-pyrrole nitrogens is 1. The van der Waals surface area contributed by atoms with Crippen molar-refractivity contribution in [2.24, 2.45) is 0 Å². The SMILES string of the molecule is CC(C)OSC(=O)CCC(NC(=O)c1ccc(NCc2cnc3nc(N)[nH]c(=O)c3n2)cc1)C(=O)O. The molecule has 1 amide bonds. The molecule has 3 rings (SSSR count). The monoisotopic (exact) mass is 515 g/mol. The predicted molar refractivity (Wildman–Crippen MR) is 133 cm³/mol. The quantitative estimate of drug-likeness (QED) is 0.230. The first-order valence-electron chi connectivity index (χ1n) is 10.9. The van der Waals surface area contributed by atoms with E-state index in [9.17, 15) is 24.3 Å². The van der Waals surface area contributed by atoms with Gasteiger partial charge in [-0.15, -0.1) is 0 Å². The molecule has 1 unspecified atom stereocenters. The van der Waals surface area contributed by atoms with Crippen LogP contribution in [0, 0.1) is 0 Å². The van der Waals surface area contributed by atoms with Crippen LogP contribution in [0.2, 0.25) is 0 Å². The van der Waals surface area contributed by atoms with Gasteiger partial charge in [0, 0.05) is 17.7 Å². The molecule has 1 atom stereocenters. The molecule has 0 fully saturated rings. The van der Waals surface area contributed by atoms with Crippen LogP contribution >= 0.6 is 12.0 Å². The minimum absolute atomic E-state index is 0.0461. The zero-order valence-electron chi connectivity index (χ0n) is 19.5. The number of nitrogens with zero attached hydrogens (tertiary/aromatic N) is 3. The van der Waals surface area contributed by atoms with Crippen LogP contribution in [-0.4, -0.2) is 54.2 Å². The van der Waals surface area contributed by atoms with Gasteiger partial charge in [0.05, 0.1) is 36.6 Å². The van der Waals surface area contributed by atoms with Gasteiger partial charge in [0.15, 0.2) is 11.2 Å². The van der Waals surface area contributed by atoms with Crippen LogP contribution in [0.25, 0.3) is 11.2 Å². The molecule has 190 valence electrons. The average Bonchev–Trinajstić information content (AvgIpc) is 2.84. The Hall–Kier alpha value is -4.04. The Morgan fingerprint density at radius 1 is 1.19 bits per heavy atom. The Morgan fingerprint density at radius 2 is 1.92 bits per heavy atom. The van der Waals surface area contributed by atoms with Crippen molar-refractivity contribution in [3.8, 4) is 0 Å². The van der Waals surface area contributed by atoms with Gasteiger partial charge in [-0.2, -0.15) is 4.98 Å². The number of aromatic nitrogens is 4. The van der Waals surface area contributed by atoms with Gasteiger partial charge in [0.25, 0.3) is 11.5 Å². The lowest BCUT2D eigenvalue weighted by molar-refractivity contribution is -0.139. The third kappa shape index (κ3) is 7.48. The first-order valence-corrected chi connectivity index (χ1v) is 11.6. The number of hydrogen-bond donors (Lipinski definition) is 5. The molecule has 0 saturated heterocycles. The number of nitrogens with one attached hydrogen (secondary N) is 3. The number of fused-ring (bicyclic) bond motifs is 1. The summed E-state index contributed by atoms with van der Waals surface area (Å²) in [6.07, 6.45) is 1.19. The molecule has 14 heteroatoms. The number of hydrogen-bond acceptors (Lipinski definition) is 11. The summed E-state index contributed by atoms with van der Waals surface area (Å²) in [5.41, 5.74) is 6.59. The summed E-state index contributed by atoms with van der Waals surface area (Å²) >= 11 is 0.675. The van der Waals surface area contributed by atoms with Crippen LogP contribution < -0.4 is 21.9 Å². The number of aliphatic carboxylic acids is 1. The lowest BCUT2D eigenvalue weighted by Gasteiger charge is -2.14. The molecule has 0 spiro atoms. The molecule has 3 aromatic rings. The largest absolute Gasteiger partial charge is 0.480 e. The highest BCUT2D eigenvalue weighted by Gasteiger charge is 2.22. The van der Waals surface area contributed by atoms with Gasteiger partial charge in [-0.1, -0.05) is 0 Å². The number of rotatable bonds is 11. The molecule has 0 aliphatic rings. The van der Waals surface area contributed by atoms with Crippen LogP contribution in [0.3, 0.4) is 0 Å². The van der Waals surface area contributed by atoms with Crippen molar-refractivity contribution in [2.45, 2.75) is 45.4 Å². The second-order valence-corrected chi connectivity index (χ2v) is 8.73. The average molecular weight is 516 g/mol. The Labute approximate surface area is 209 Å². The zero-order valence-corrected chi connectivity index (χ0v) is 20.3. The lowest BCUT2D eigenvalue weighted by atomic mass is 10.1. The van der Waals surface area contributed by atoms with Crippen LogP contribution in [0.15, 0.2) is 35.3 Å². The summed E-state index contributed by atoms with van der Waals surface area (Å²) < 4.78 is 5.13. The van der Waals surface area contributed by atoms with Gasteiger partial charge in [-0.25, -0.2) is 14.8 Å². The molecule has 0 aliphatic carbocycles. The molecule has 0 aliphatic heterocycles. The molecule has 1 aromatic carbocycles. The fraction of sp³-hybridized carbons (Fsp3) is 0.318. The minimum atomic E-state index is -1.24. The third-order valence-corrected chi connectivity index (χ3v) is 5.55. The first kappa shape index (κ1) is 26.6. The zero-order chi connectivity index (χ0) is 26.2. The van der Waals surface area contributed by atoms with Gasteiger partial charge in [-0.05, 0) is 44.5 Å². The predicted octanol–water partition coefficient (Wildman–Crippen LogP) is 1.47. The van der Waals surface area contributed by atoms with Crippen LogP contribution in [-0.2, 0) is 20.3 Å². The number of aromatic amines is 1. The Kier molecular flexibility index (Phi) is 8.91. The number of benzene rings is 1. The Bertz CT molecular complexity index is 1310. The van der Waals surface area contributed by atoms with Crippen LogP contribution in [0.1, 0.15) is 42.7 Å².